The molecule has 0 N–H and O–H groups in total. The molecule has 3 aromatic carbocycles. The van der Waals surface area contributed by atoms with E-state index in [0.29, 0.717) is 38.6 Å². The molecule has 2 atom stereocenters. The van der Waals surface area contributed by atoms with Gasteiger partial charge in [0.2, 0.25) is 0 Å². The number of epoxide rings is 2. The third kappa shape index (κ3) is 6.75. The molecule has 3 aromatic rings. The van der Waals surface area contributed by atoms with Gasteiger partial charge in [-0.3, -0.25) is 0 Å². The molecular weight excluding hydrogens is 400 g/mol. The third-order valence-electron chi connectivity index (χ3n) is 5.84. The Morgan fingerprint density at radius 1 is 0.500 bits per heavy atom. The first-order chi connectivity index (χ1) is 15.8. The molecule has 0 amide bonds. The Morgan fingerprint density at radius 2 is 0.781 bits per heavy atom. The van der Waals surface area contributed by atoms with Gasteiger partial charge in [-0.1, -0.05) is 72.8 Å². The van der Waals surface area contributed by atoms with Crippen molar-refractivity contribution in [1.82, 2.24) is 0 Å². The van der Waals surface area contributed by atoms with Gasteiger partial charge in [-0.15, -0.1) is 0 Å². The van der Waals surface area contributed by atoms with Gasteiger partial charge in [0.15, 0.2) is 0 Å². The van der Waals surface area contributed by atoms with Gasteiger partial charge in [0.05, 0.1) is 39.6 Å². The molecule has 0 aromatic heterocycles. The van der Waals surface area contributed by atoms with Crippen molar-refractivity contribution in [3.8, 4) is 0 Å². The number of ether oxygens (including phenoxy) is 4. The van der Waals surface area contributed by atoms with Crippen LogP contribution in [0.1, 0.15) is 33.4 Å². The fourth-order valence-corrected chi connectivity index (χ4v) is 3.70. The molecule has 0 spiro atoms. The topological polar surface area (TPSA) is 43.5 Å². The summed E-state index contributed by atoms with van der Waals surface area (Å²) in [5, 5.41) is 0. The summed E-state index contributed by atoms with van der Waals surface area (Å²) in [6, 6.07) is 26.4. The summed E-state index contributed by atoms with van der Waals surface area (Å²) < 4.78 is 21.7. The van der Waals surface area contributed by atoms with Gasteiger partial charge < -0.3 is 18.9 Å². The molecule has 0 saturated carbocycles. The van der Waals surface area contributed by atoms with E-state index >= 15 is 0 Å². The molecule has 2 fully saturated rings. The van der Waals surface area contributed by atoms with Gasteiger partial charge in [-0.25, -0.2) is 0 Å². The minimum absolute atomic E-state index is 0.323. The summed E-state index contributed by atoms with van der Waals surface area (Å²) in [6.45, 7) is 4.38. The second-order valence-corrected chi connectivity index (χ2v) is 8.74. The largest absolute Gasteiger partial charge is 0.374 e. The molecule has 2 unspecified atom stereocenters. The first-order valence-corrected chi connectivity index (χ1v) is 11.4. The Labute approximate surface area is 190 Å². The van der Waals surface area contributed by atoms with Crippen molar-refractivity contribution in [3.63, 3.8) is 0 Å². The predicted octanol–water partition coefficient (Wildman–Crippen LogP) is 4.70. The Bertz CT molecular complexity index is 889. The SMILES string of the molecule is c1cc(Cc2ccc(Cc3ccc(COCC4CO4)cc3)cc2)ccc1COCC1CO1. The van der Waals surface area contributed by atoms with Crippen LogP contribution in [0.2, 0.25) is 0 Å². The molecular formula is C28H30O4. The van der Waals surface area contributed by atoms with E-state index in [1.165, 1.54) is 33.4 Å². The van der Waals surface area contributed by atoms with Gasteiger partial charge in [0, 0.05) is 0 Å². The normalized spacial score (nSPS) is 19.1. The molecule has 0 radical (unpaired) electrons. The molecule has 32 heavy (non-hydrogen) atoms. The molecule has 2 aliphatic heterocycles. The molecule has 166 valence electrons. The zero-order valence-electron chi connectivity index (χ0n) is 18.4. The second-order valence-electron chi connectivity index (χ2n) is 8.74. The minimum atomic E-state index is 0.323. The molecule has 0 bridgehead atoms. The lowest BCUT2D eigenvalue weighted by Crippen LogP contribution is -2.01. The van der Waals surface area contributed by atoms with Gasteiger partial charge in [-0.2, -0.15) is 0 Å². The molecule has 4 heteroatoms. The lowest BCUT2D eigenvalue weighted by atomic mass is 9.99. The van der Waals surface area contributed by atoms with Crippen LogP contribution in [0.3, 0.4) is 0 Å². The van der Waals surface area contributed by atoms with E-state index in [0.717, 1.165) is 26.1 Å². The van der Waals surface area contributed by atoms with E-state index in [1.54, 1.807) is 0 Å². The Morgan fingerprint density at radius 3 is 1.06 bits per heavy atom. The van der Waals surface area contributed by atoms with E-state index in [9.17, 15) is 0 Å². The average molecular weight is 431 g/mol. The quantitative estimate of drug-likeness (QED) is 0.391. The molecule has 2 saturated heterocycles. The fraction of sp³-hybridized carbons (Fsp3) is 0.357. The maximum absolute atomic E-state index is 5.66. The van der Waals surface area contributed by atoms with Gasteiger partial charge >= 0.3 is 0 Å². The van der Waals surface area contributed by atoms with Gasteiger partial charge in [0.25, 0.3) is 0 Å². The first-order valence-electron chi connectivity index (χ1n) is 11.4. The molecule has 2 aliphatic rings. The van der Waals surface area contributed by atoms with E-state index in [-0.39, 0.29) is 0 Å². The van der Waals surface area contributed by atoms with E-state index in [4.69, 9.17) is 18.9 Å². The summed E-state index contributed by atoms with van der Waals surface area (Å²) in [5.41, 5.74) is 7.71. The zero-order valence-corrected chi connectivity index (χ0v) is 18.4. The van der Waals surface area contributed by atoms with Crippen LogP contribution >= 0.6 is 0 Å². The van der Waals surface area contributed by atoms with Crippen molar-refractivity contribution in [2.24, 2.45) is 0 Å². The van der Waals surface area contributed by atoms with Crippen molar-refractivity contribution in [3.05, 3.63) is 106 Å². The maximum atomic E-state index is 5.66. The molecule has 5 rings (SSSR count). The van der Waals surface area contributed by atoms with Crippen LogP contribution in [0.25, 0.3) is 0 Å². The highest BCUT2D eigenvalue weighted by atomic mass is 16.6. The van der Waals surface area contributed by atoms with Crippen molar-refractivity contribution in [2.45, 2.75) is 38.3 Å². The minimum Gasteiger partial charge on any atom is -0.374 e. The fourth-order valence-electron chi connectivity index (χ4n) is 3.70. The van der Waals surface area contributed by atoms with Gasteiger partial charge in [-0.05, 0) is 46.2 Å². The Balaban J connectivity index is 1.08. The van der Waals surface area contributed by atoms with Crippen LogP contribution in [-0.2, 0) is 45.0 Å². The van der Waals surface area contributed by atoms with Crippen LogP contribution in [0.5, 0.6) is 0 Å². The summed E-state index contributed by atoms with van der Waals surface area (Å²) >= 11 is 0. The number of benzene rings is 3. The zero-order chi connectivity index (χ0) is 21.6. The lowest BCUT2D eigenvalue weighted by molar-refractivity contribution is 0.104. The summed E-state index contributed by atoms with van der Waals surface area (Å²) in [7, 11) is 0. The maximum Gasteiger partial charge on any atom is 0.104 e. The average Bonchev–Trinajstić information content (AvgIpc) is 3.74. The summed E-state index contributed by atoms with van der Waals surface area (Å²) in [4.78, 5) is 0. The lowest BCUT2D eigenvalue weighted by Gasteiger charge is -2.08. The Kier molecular flexibility index (Phi) is 6.95. The van der Waals surface area contributed by atoms with Gasteiger partial charge in [0.1, 0.15) is 12.2 Å². The standard InChI is InChI=1S/C28H30O4/c1-2-22(14-24-7-11-26(12-8-24)16-30-18-28-20-32-28)4-3-21(1)13-23-5-9-25(10-6-23)15-29-17-27-19-31-27/h1-12,27-28H,13-20H2. The van der Waals surface area contributed by atoms with Crippen LogP contribution in [0.15, 0.2) is 72.8 Å². The number of rotatable bonds is 12. The first kappa shape index (κ1) is 21.4. The molecule has 4 nitrogen and oxygen atoms in total. The van der Waals surface area contributed by atoms with Crippen molar-refractivity contribution in [2.75, 3.05) is 26.4 Å². The van der Waals surface area contributed by atoms with E-state index in [2.05, 4.69) is 72.8 Å². The van der Waals surface area contributed by atoms with Crippen LogP contribution < -0.4 is 0 Å². The molecule has 0 aliphatic carbocycles. The van der Waals surface area contributed by atoms with Crippen LogP contribution in [0, 0.1) is 0 Å². The van der Waals surface area contributed by atoms with E-state index < -0.39 is 0 Å². The third-order valence-corrected chi connectivity index (χ3v) is 5.84. The predicted molar refractivity (Wildman–Crippen MR) is 124 cm³/mol. The summed E-state index contributed by atoms with van der Waals surface area (Å²) in [6.07, 6.45) is 2.53. The second kappa shape index (κ2) is 10.4. The summed E-state index contributed by atoms with van der Waals surface area (Å²) in [5.74, 6) is 0. The highest BCUT2D eigenvalue weighted by molar-refractivity contribution is 5.33. The highest BCUT2D eigenvalue weighted by Gasteiger charge is 2.22. The Hall–Kier alpha value is -2.50. The number of hydrogen-bond acceptors (Lipinski definition) is 4. The highest BCUT2D eigenvalue weighted by Crippen LogP contribution is 2.17. The van der Waals surface area contributed by atoms with Crippen LogP contribution in [0.4, 0.5) is 0 Å². The monoisotopic (exact) mass is 430 g/mol. The number of hydrogen-bond donors (Lipinski definition) is 0. The smallest absolute Gasteiger partial charge is 0.104 e. The van der Waals surface area contributed by atoms with Crippen LogP contribution in [-0.4, -0.2) is 38.6 Å². The van der Waals surface area contributed by atoms with Crippen molar-refractivity contribution >= 4 is 0 Å². The molecule has 2 heterocycles. The van der Waals surface area contributed by atoms with Crippen molar-refractivity contribution in [1.29, 1.82) is 0 Å². The van der Waals surface area contributed by atoms with E-state index in [1.807, 2.05) is 0 Å². The van der Waals surface area contributed by atoms with Crippen molar-refractivity contribution < 1.29 is 18.9 Å².